The first-order valence-electron chi connectivity index (χ1n) is 8.28. The maximum absolute atomic E-state index is 12.5. The molecule has 0 spiro atoms. The second-order valence-electron chi connectivity index (χ2n) is 6.23. The number of nitrogens with two attached hydrogens (primary N) is 1. The zero-order chi connectivity index (χ0) is 19.8. The predicted molar refractivity (Wildman–Crippen MR) is 99.0 cm³/mol. The molecular weight excluding hydrogens is 370 g/mol. The number of carbonyl (C=O) groups is 2. The lowest BCUT2D eigenvalue weighted by Gasteiger charge is -2.18. The second-order valence-corrected chi connectivity index (χ2v) is 8.36. The van der Waals surface area contributed by atoms with Crippen LogP contribution in [0, 0.1) is 4.78 Å². The van der Waals surface area contributed by atoms with E-state index >= 15 is 0 Å². The summed E-state index contributed by atoms with van der Waals surface area (Å²) in [5.41, 5.74) is 7.24. The first-order valence-corrected chi connectivity index (χ1v) is 10.0. The van der Waals surface area contributed by atoms with Crippen molar-refractivity contribution in [3.05, 3.63) is 41.0 Å². The third kappa shape index (κ3) is 3.61. The largest absolute Gasteiger partial charge is 0.478 e. The Morgan fingerprint density at radius 1 is 1.33 bits per heavy atom. The molecule has 2 aromatic rings. The number of nitrogens with zero attached hydrogens (tertiary/aromatic N) is 3. The van der Waals surface area contributed by atoms with E-state index in [0.717, 1.165) is 0 Å². The number of hydrogen-bond acceptors (Lipinski definition) is 7. The van der Waals surface area contributed by atoms with Crippen LogP contribution >= 0.6 is 0 Å². The number of carbonyl (C=O) groups excluding carboxylic acids is 1. The van der Waals surface area contributed by atoms with E-state index in [-0.39, 0.29) is 47.0 Å². The number of nitrogen functional groups attached to an aromatic ring is 1. The number of hydrogen-bond donors (Lipinski definition) is 3. The van der Waals surface area contributed by atoms with Crippen molar-refractivity contribution in [2.45, 2.75) is 31.5 Å². The van der Waals surface area contributed by atoms with Gasteiger partial charge in [0.2, 0.25) is 11.1 Å². The van der Waals surface area contributed by atoms with Gasteiger partial charge in [-0.1, -0.05) is 19.1 Å². The molecule has 0 radical (unpaired) electrons. The Bertz CT molecular complexity index is 1020. The van der Waals surface area contributed by atoms with Crippen molar-refractivity contribution in [1.82, 2.24) is 9.97 Å². The van der Waals surface area contributed by atoms with Crippen molar-refractivity contribution < 1.29 is 18.9 Å². The number of aromatic nitrogens is 2. The Labute approximate surface area is 156 Å². The number of amides is 1. The molecule has 1 atom stereocenters. The van der Waals surface area contributed by atoms with Gasteiger partial charge in [0, 0.05) is 11.3 Å². The van der Waals surface area contributed by atoms with Gasteiger partial charge in [0.25, 0.3) is 0 Å². The van der Waals surface area contributed by atoms with Crippen LogP contribution in [0.25, 0.3) is 0 Å². The average molecular weight is 389 g/mol. The van der Waals surface area contributed by atoms with Crippen molar-refractivity contribution in [2.75, 3.05) is 16.4 Å². The monoisotopic (exact) mass is 389 g/mol. The molecule has 27 heavy (non-hydrogen) atoms. The SMILES string of the molecule is CCCS(=N)(=O)c1nc(N)c2c(n1)N(Cc1ccc(C(=O)O)cc1)C(=O)C2. The number of aromatic carboxylic acids is 1. The van der Waals surface area contributed by atoms with Crippen LogP contribution in [0.2, 0.25) is 0 Å². The van der Waals surface area contributed by atoms with E-state index in [2.05, 4.69) is 9.97 Å². The first-order chi connectivity index (χ1) is 12.7. The van der Waals surface area contributed by atoms with Crippen molar-refractivity contribution in [1.29, 1.82) is 4.78 Å². The summed E-state index contributed by atoms with van der Waals surface area (Å²) >= 11 is 0. The quantitative estimate of drug-likeness (QED) is 0.636. The third-order valence-electron chi connectivity index (χ3n) is 4.21. The molecule has 1 aliphatic heterocycles. The van der Waals surface area contributed by atoms with E-state index < -0.39 is 15.7 Å². The van der Waals surface area contributed by atoms with Gasteiger partial charge in [-0.15, -0.1) is 0 Å². The molecule has 0 bridgehead atoms. The molecule has 142 valence electrons. The fraction of sp³-hybridized carbons (Fsp3) is 0.294. The van der Waals surface area contributed by atoms with Gasteiger partial charge in [-0.3, -0.25) is 9.69 Å². The maximum atomic E-state index is 12.5. The highest BCUT2D eigenvalue weighted by molar-refractivity contribution is 7.92. The maximum Gasteiger partial charge on any atom is 0.335 e. The summed E-state index contributed by atoms with van der Waals surface area (Å²) in [4.78, 5) is 33.0. The van der Waals surface area contributed by atoms with Crippen LogP contribution in [0.5, 0.6) is 0 Å². The third-order valence-corrected chi connectivity index (χ3v) is 5.97. The van der Waals surface area contributed by atoms with E-state index in [4.69, 9.17) is 15.6 Å². The normalized spacial score (nSPS) is 15.4. The number of nitrogens with one attached hydrogen (secondary N) is 1. The molecule has 0 saturated heterocycles. The lowest BCUT2D eigenvalue weighted by Crippen LogP contribution is -2.27. The standard InChI is InChI=1S/C17H19N5O4S/c1-2-7-27(19,26)17-20-14(18)12-8-13(23)22(15(12)21-17)9-10-3-5-11(6-4-10)16(24)25/h3-6,19H,2,7-9H2,1H3,(H,24,25)(H2,18,20,21). The van der Waals surface area contributed by atoms with Gasteiger partial charge in [-0.25, -0.2) is 23.8 Å². The zero-order valence-corrected chi connectivity index (χ0v) is 15.5. The molecule has 1 aromatic heterocycles. The van der Waals surface area contributed by atoms with E-state index in [1.807, 2.05) is 6.92 Å². The lowest BCUT2D eigenvalue weighted by atomic mass is 10.1. The first kappa shape index (κ1) is 18.8. The molecule has 0 saturated carbocycles. The van der Waals surface area contributed by atoms with E-state index in [1.54, 1.807) is 12.1 Å². The topological polar surface area (TPSA) is 150 Å². The summed E-state index contributed by atoms with van der Waals surface area (Å²) in [7, 11) is -3.19. The fourth-order valence-electron chi connectivity index (χ4n) is 2.85. The Balaban J connectivity index is 1.97. The van der Waals surface area contributed by atoms with Gasteiger partial charge in [-0.2, -0.15) is 0 Å². The Hall–Kier alpha value is -3.01. The van der Waals surface area contributed by atoms with E-state index in [9.17, 15) is 13.8 Å². The smallest absolute Gasteiger partial charge is 0.335 e. The van der Waals surface area contributed by atoms with Gasteiger partial charge in [0.05, 0.1) is 18.5 Å². The zero-order valence-electron chi connectivity index (χ0n) is 14.6. The summed E-state index contributed by atoms with van der Waals surface area (Å²) < 4.78 is 20.5. The van der Waals surface area contributed by atoms with Gasteiger partial charge < -0.3 is 10.8 Å². The molecule has 1 aromatic carbocycles. The lowest BCUT2D eigenvalue weighted by molar-refractivity contribution is -0.117. The molecular formula is C17H19N5O4S. The minimum absolute atomic E-state index is 0.0294. The van der Waals surface area contributed by atoms with Crippen molar-refractivity contribution in [3.63, 3.8) is 0 Å². The van der Waals surface area contributed by atoms with Crippen molar-refractivity contribution in [3.8, 4) is 0 Å². The van der Waals surface area contributed by atoms with Crippen LogP contribution in [0.15, 0.2) is 29.4 Å². The van der Waals surface area contributed by atoms with E-state index in [1.165, 1.54) is 17.0 Å². The second kappa shape index (κ2) is 6.95. The number of fused-ring (bicyclic) bond motifs is 1. The molecule has 1 aliphatic rings. The molecule has 4 N–H and O–H groups in total. The van der Waals surface area contributed by atoms with Crippen molar-refractivity contribution in [2.24, 2.45) is 0 Å². The molecule has 1 amide bonds. The Morgan fingerprint density at radius 3 is 2.59 bits per heavy atom. The number of benzene rings is 1. The summed E-state index contributed by atoms with van der Waals surface area (Å²) in [5.74, 6) is -0.840. The molecule has 3 rings (SSSR count). The highest BCUT2D eigenvalue weighted by Crippen LogP contribution is 2.32. The predicted octanol–water partition coefficient (Wildman–Crippen LogP) is 1.66. The number of carboxylic acid groups (broad SMARTS) is 1. The number of rotatable bonds is 6. The number of anilines is 2. The van der Waals surface area contributed by atoms with Gasteiger partial charge in [-0.05, 0) is 24.1 Å². The Morgan fingerprint density at radius 2 is 2.00 bits per heavy atom. The highest BCUT2D eigenvalue weighted by atomic mass is 32.2. The summed E-state index contributed by atoms with van der Waals surface area (Å²) in [6.07, 6.45) is 0.558. The summed E-state index contributed by atoms with van der Waals surface area (Å²) in [6.45, 7) is 1.97. The van der Waals surface area contributed by atoms with Crippen LogP contribution in [-0.4, -0.2) is 36.9 Å². The molecule has 9 nitrogen and oxygen atoms in total. The van der Waals surface area contributed by atoms with Crippen LogP contribution in [0.4, 0.5) is 11.6 Å². The molecule has 1 unspecified atom stereocenters. The van der Waals surface area contributed by atoms with Crippen LogP contribution < -0.4 is 10.6 Å². The molecule has 0 fully saturated rings. The average Bonchev–Trinajstić information content (AvgIpc) is 2.92. The van der Waals surface area contributed by atoms with Gasteiger partial charge in [0.1, 0.15) is 21.4 Å². The van der Waals surface area contributed by atoms with Crippen LogP contribution in [0.3, 0.4) is 0 Å². The minimum atomic E-state index is -3.19. The number of carboxylic acids is 1. The molecule has 0 aliphatic carbocycles. The van der Waals surface area contributed by atoms with Crippen molar-refractivity contribution >= 4 is 33.2 Å². The molecule has 10 heteroatoms. The Kier molecular flexibility index (Phi) is 4.83. The fourth-order valence-corrected chi connectivity index (χ4v) is 4.09. The van der Waals surface area contributed by atoms with Gasteiger partial charge >= 0.3 is 5.97 Å². The highest BCUT2D eigenvalue weighted by Gasteiger charge is 2.33. The minimum Gasteiger partial charge on any atom is -0.478 e. The molecule has 2 heterocycles. The van der Waals surface area contributed by atoms with Gasteiger partial charge in [0.15, 0.2) is 0 Å². The van der Waals surface area contributed by atoms with E-state index in [0.29, 0.717) is 17.5 Å². The summed E-state index contributed by atoms with van der Waals surface area (Å²) in [6, 6.07) is 6.14. The van der Waals surface area contributed by atoms with Crippen LogP contribution in [0.1, 0.15) is 34.8 Å². The summed E-state index contributed by atoms with van der Waals surface area (Å²) in [5, 5.41) is 8.81. The van der Waals surface area contributed by atoms with Crippen LogP contribution in [-0.2, 0) is 27.5 Å².